The van der Waals surface area contributed by atoms with Crippen molar-refractivity contribution in [3.63, 3.8) is 0 Å². The molecule has 2 amide bonds. The lowest BCUT2D eigenvalue weighted by Crippen LogP contribution is -2.43. The third kappa shape index (κ3) is 5.32. The average Bonchev–Trinajstić information content (AvgIpc) is 3.42. The molecule has 0 N–H and O–H groups in total. The molecule has 0 radical (unpaired) electrons. The molecule has 1 aromatic heterocycles. The van der Waals surface area contributed by atoms with Crippen LogP contribution in [0.25, 0.3) is 0 Å². The van der Waals surface area contributed by atoms with Crippen LogP contribution in [-0.4, -0.2) is 71.4 Å². The molecule has 1 saturated heterocycles. The van der Waals surface area contributed by atoms with Crippen LogP contribution in [0.2, 0.25) is 0 Å². The molecule has 10 heteroatoms. The van der Waals surface area contributed by atoms with E-state index >= 15 is 0 Å². The largest absolute Gasteiger partial charge is 0.359 e. The molecule has 3 heterocycles. The quantitative estimate of drug-likeness (QED) is 0.480. The summed E-state index contributed by atoms with van der Waals surface area (Å²) in [6.07, 6.45) is 7.07. The van der Waals surface area contributed by atoms with E-state index in [0.29, 0.717) is 18.0 Å². The Morgan fingerprint density at radius 3 is 2.42 bits per heavy atom. The molecule has 3 rings (SSSR count). The molecule has 0 saturated carbocycles. The van der Waals surface area contributed by atoms with Gasteiger partial charge in [-0.3, -0.25) is 14.5 Å². The molecule has 1 aromatic rings. The van der Waals surface area contributed by atoms with Crippen LogP contribution >= 0.6 is 0 Å². The second-order valence-corrected chi connectivity index (χ2v) is 11.2. The highest BCUT2D eigenvalue weighted by Crippen LogP contribution is 2.41. The minimum atomic E-state index is -3.77. The molecule has 0 spiro atoms. The van der Waals surface area contributed by atoms with Crippen LogP contribution < -0.4 is 0 Å². The third-order valence-corrected chi connectivity index (χ3v) is 7.37. The zero-order valence-corrected chi connectivity index (χ0v) is 21.1. The third-order valence-electron chi connectivity index (χ3n) is 6.32. The first kappa shape index (κ1) is 25.4. The Hall–Kier alpha value is -2.20. The van der Waals surface area contributed by atoms with Crippen LogP contribution in [-0.2, 0) is 21.4 Å². The molecule has 0 unspecified atom stereocenters. The van der Waals surface area contributed by atoms with E-state index < -0.39 is 27.9 Å². The van der Waals surface area contributed by atoms with Gasteiger partial charge in [0.2, 0.25) is 15.9 Å². The van der Waals surface area contributed by atoms with E-state index in [1.54, 1.807) is 12.1 Å². The summed E-state index contributed by atoms with van der Waals surface area (Å²) < 4.78 is 30.9. The van der Waals surface area contributed by atoms with Gasteiger partial charge in [-0.2, -0.15) is 0 Å². The van der Waals surface area contributed by atoms with E-state index in [-0.39, 0.29) is 24.1 Å². The van der Waals surface area contributed by atoms with E-state index in [4.69, 9.17) is 4.52 Å². The number of unbranched alkanes of at least 4 members (excludes halogenated alkanes) is 2. The van der Waals surface area contributed by atoms with Gasteiger partial charge in [0.1, 0.15) is 0 Å². The normalized spacial score (nSPS) is 20.8. The van der Waals surface area contributed by atoms with Gasteiger partial charge in [0.25, 0.3) is 5.91 Å². The second kappa shape index (κ2) is 10.4. The molecule has 9 nitrogen and oxygen atoms in total. The van der Waals surface area contributed by atoms with Crippen LogP contribution in [0.15, 0.2) is 22.4 Å². The number of carbonyl (C=O) groups excluding carboxylic acids is 2. The molecule has 0 aliphatic carbocycles. The van der Waals surface area contributed by atoms with Crippen molar-refractivity contribution in [3.05, 3.63) is 29.3 Å². The van der Waals surface area contributed by atoms with Crippen LogP contribution in [0.3, 0.4) is 0 Å². The lowest BCUT2D eigenvalue weighted by molar-refractivity contribution is -0.128. The zero-order chi connectivity index (χ0) is 24.3. The number of nitrogens with zero attached hydrogens (tertiary/aromatic N) is 4. The summed E-state index contributed by atoms with van der Waals surface area (Å²) in [6.45, 7) is 10.8. The highest BCUT2D eigenvalue weighted by Gasteiger charge is 2.55. The highest BCUT2D eigenvalue weighted by atomic mass is 32.2. The lowest BCUT2D eigenvalue weighted by atomic mass is 9.89. The van der Waals surface area contributed by atoms with Crippen molar-refractivity contribution in [1.82, 2.24) is 19.3 Å². The van der Waals surface area contributed by atoms with E-state index in [1.807, 2.05) is 13.8 Å². The van der Waals surface area contributed by atoms with Gasteiger partial charge < -0.3 is 9.42 Å². The summed E-state index contributed by atoms with van der Waals surface area (Å²) >= 11 is 0. The fraction of sp³-hybridized carbons (Fsp3) is 0.696. The minimum Gasteiger partial charge on any atom is -0.359 e. The maximum absolute atomic E-state index is 13.3. The predicted molar refractivity (Wildman–Crippen MR) is 125 cm³/mol. The number of aromatic nitrogens is 1. The number of sulfonamides is 1. The van der Waals surface area contributed by atoms with E-state index in [2.05, 4.69) is 23.9 Å². The van der Waals surface area contributed by atoms with E-state index in [9.17, 15) is 18.0 Å². The second-order valence-electron chi connectivity index (χ2n) is 9.33. The van der Waals surface area contributed by atoms with Crippen LogP contribution in [0.5, 0.6) is 0 Å². The van der Waals surface area contributed by atoms with Crippen LogP contribution in [0, 0.1) is 11.8 Å². The Bertz CT molecular complexity index is 992. The molecule has 1 fully saturated rings. The first-order chi connectivity index (χ1) is 15.6. The van der Waals surface area contributed by atoms with Crippen molar-refractivity contribution in [2.45, 2.75) is 66.0 Å². The number of hydrogen-bond acceptors (Lipinski definition) is 7. The molecule has 0 aromatic carbocycles. The van der Waals surface area contributed by atoms with Gasteiger partial charge in [0.15, 0.2) is 11.5 Å². The van der Waals surface area contributed by atoms with Crippen LogP contribution in [0.1, 0.15) is 69.6 Å². The molecule has 2 aliphatic rings. The smallest absolute Gasteiger partial charge is 0.276 e. The molecule has 2 atom stereocenters. The molecular weight excluding hydrogens is 444 g/mol. The van der Waals surface area contributed by atoms with Gasteiger partial charge in [0, 0.05) is 12.6 Å². The Morgan fingerprint density at radius 2 is 1.88 bits per heavy atom. The molecule has 2 aliphatic heterocycles. The van der Waals surface area contributed by atoms with E-state index in [1.165, 1.54) is 4.90 Å². The number of rotatable bonds is 11. The summed E-state index contributed by atoms with van der Waals surface area (Å²) in [5.41, 5.74) is 0.543. The van der Waals surface area contributed by atoms with Gasteiger partial charge >= 0.3 is 0 Å². The Morgan fingerprint density at radius 1 is 1.24 bits per heavy atom. The molecule has 33 heavy (non-hydrogen) atoms. The maximum Gasteiger partial charge on any atom is 0.276 e. The van der Waals surface area contributed by atoms with Crippen molar-refractivity contribution in [1.29, 1.82) is 0 Å². The van der Waals surface area contributed by atoms with Gasteiger partial charge in [-0.1, -0.05) is 45.7 Å². The summed E-state index contributed by atoms with van der Waals surface area (Å²) in [7, 11) is -3.77. The standard InChI is InChI=1S/C23H36N4O5S/c1-6-8-11-25(12-9-7-2)15-17-14-18(24-32-17)22(28)26-13-10-19-21(26)20(16(3)4)23(29)27(19)33(5,30)31/h10,14,16,20-21H,6-9,11-13,15H2,1-5H3/t20-,21+/m1/s1. The summed E-state index contributed by atoms with van der Waals surface area (Å²) in [6, 6.07) is 1.05. The summed E-state index contributed by atoms with van der Waals surface area (Å²) in [4.78, 5) is 30.1. The summed E-state index contributed by atoms with van der Waals surface area (Å²) in [5, 5.41) is 4.01. The van der Waals surface area contributed by atoms with Crippen molar-refractivity contribution in [2.24, 2.45) is 11.8 Å². The Kier molecular flexibility index (Phi) is 8.00. The molecular formula is C23H36N4O5S. The average molecular weight is 481 g/mol. The highest BCUT2D eigenvalue weighted by molar-refractivity contribution is 7.89. The first-order valence-corrected chi connectivity index (χ1v) is 13.7. The maximum atomic E-state index is 13.3. The number of fused-ring (bicyclic) bond motifs is 1. The number of hydrogen-bond donors (Lipinski definition) is 0. The molecule has 0 bridgehead atoms. The topological polar surface area (TPSA) is 104 Å². The number of amides is 2. The Labute approximate surface area is 196 Å². The fourth-order valence-corrected chi connectivity index (χ4v) is 5.68. The van der Waals surface area contributed by atoms with Gasteiger partial charge in [0.05, 0.1) is 30.5 Å². The van der Waals surface area contributed by atoms with Crippen molar-refractivity contribution >= 4 is 21.8 Å². The lowest BCUT2D eigenvalue weighted by Gasteiger charge is -2.28. The summed E-state index contributed by atoms with van der Waals surface area (Å²) in [5.74, 6) is -0.973. The van der Waals surface area contributed by atoms with Gasteiger partial charge in [-0.15, -0.1) is 0 Å². The Balaban J connectivity index is 1.78. The van der Waals surface area contributed by atoms with Crippen molar-refractivity contribution in [3.8, 4) is 0 Å². The first-order valence-electron chi connectivity index (χ1n) is 11.8. The van der Waals surface area contributed by atoms with Gasteiger partial charge in [-0.25, -0.2) is 12.7 Å². The van der Waals surface area contributed by atoms with Crippen molar-refractivity contribution in [2.75, 3.05) is 25.9 Å². The monoisotopic (exact) mass is 480 g/mol. The molecule has 184 valence electrons. The van der Waals surface area contributed by atoms with Crippen molar-refractivity contribution < 1.29 is 22.5 Å². The minimum absolute atomic E-state index is 0.135. The van der Waals surface area contributed by atoms with Gasteiger partial charge in [-0.05, 0) is 37.9 Å². The van der Waals surface area contributed by atoms with E-state index in [0.717, 1.165) is 49.3 Å². The zero-order valence-electron chi connectivity index (χ0n) is 20.3. The van der Waals surface area contributed by atoms with Crippen LogP contribution in [0.4, 0.5) is 0 Å². The fourth-order valence-electron chi connectivity index (χ4n) is 4.67. The predicted octanol–water partition coefficient (Wildman–Crippen LogP) is 2.86. The number of carbonyl (C=O) groups is 2. The SMILES string of the molecule is CCCCN(CCCC)Cc1cc(C(=O)N2CC=C3[C@H]2[C@@H](C(C)C)C(=O)N3S(C)(=O)=O)no1.